The molecule has 2 amide bonds. The second-order valence-electron chi connectivity index (χ2n) is 7.25. The Labute approximate surface area is 183 Å². The Balaban J connectivity index is 1.57. The maximum Gasteiger partial charge on any atom is 0.259 e. The van der Waals surface area contributed by atoms with Crippen molar-refractivity contribution in [1.29, 1.82) is 0 Å². The third kappa shape index (κ3) is 6.71. The summed E-state index contributed by atoms with van der Waals surface area (Å²) in [6.07, 6.45) is 3.17. The lowest BCUT2D eigenvalue weighted by Crippen LogP contribution is -2.22. The van der Waals surface area contributed by atoms with E-state index in [9.17, 15) is 9.59 Å². The van der Waals surface area contributed by atoms with E-state index in [1.165, 1.54) is 0 Å². The van der Waals surface area contributed by atoms with Crippen LogP contribution in [0.5, 0.6) is 5.75 Å². The van der Waals surface area contributed by atoms with E-state index in [0.29, 0.717) is 35.7 Å². The number of hydrogen-bond acceptors (Lipinski definition) is 3. The molecule has 0 saturated carbocycles. The summed E-state index contributed by atoms with van der Waals surface area (Å²) in [4.78, 5) is 25.1. The van der Waals surface area contributed by atoms with E-state index in [4.69, 9.17) is 4.74 Å². The fourth-order valence-electron chi connectivity index (χ4n) is 3.10. The van der Waals surface area contributed by atoms with Gasteiger partial charge in [-0.1, -0.05) is 62.2 Å². The minimum Gasteiger partial charge on any atom is -0.493 e. The second-order valence-corrected chi connectivity index (χ2v) is 7.25. The molecule has 3 aromatic rings. The summed E-state index contributed by atoms with van der Waals surface area (Å²) in [6.45, 7) is 3.19. The number of carbonyl (C=O) groups excluding carboxylic acids is 2. The average Bonchev–Trinajstić information content (AvgIpc) is 2.81. The molecule has 0 radical (unpaired) electrons. The number of para-hydroxylation sites is 1. The van der Waals surface area contributed by atoms with E-state index in [1.54, 1.807) is 36.4 Å². The molecule has 0 aliphatic carbocycles. The van der Waals surface area contributed by atoms with Gasteiger partial charge in [0.1, 0.15) is 5.75 Å². The first-order valence-corrected chi connectivity index (χ1v) is 10.6. The van der Waals surface area contributed by atoms with Gasteiger partial charge in [0.05, 0.1) is 12.2 Å². The number of benzene rings is 3. The zero-order chi connectivity index (χ0) is 21.9. The number of unbranched alkanes of at least 4 members (excludes halogenated alkanes) is 2. The first-order valence-electron chi connectivity index (χ1n) is 10.6. The molecule has 0 aliphatic heterocycles. The molecule has 0 spiro atoms. The zero-order valence-corrected chi connectivity index (χ0v) is 17.8. The van der Waals surface area contributed by atoms with Gasteiger partial charge in [0.15, 0.2) is 0 Å². The van der Waals surface area contributed by atoms with Crippen LogP contribution in [0.2, 0.25) is 0 Å². The smallest absolute Gasteiger partial charge is 0.259 e. The molecule has 0 bridgehead atoms. The van der Waals surface area contributed by atoms with Crippen molar-refractivity contribution in [3.8, 4) is 5.75 Å². The highest BCUT2D eigenvalue weighted by atomic mass is 16.5. The molecule has 0 fully saturated rings. The highest BCUT2D eigenvalue weighted by molar-refractivity contribution is 6.06. The number of anilines is 1. The van der Waals surface area contributed by atoms with Crippen LogP contribution in [-0.4, -0.2) is 18.4 Å². The minimum atomic E-state index is -0.243. The van der Waals surface area contributed by atoms with Crippen molar-refractivity contribution in [2.75, 3.05) is 11.9 Å². The largest absolute Gasteiger partial charge is 0.493 e. The number of nitrogens with one attached hydrogen (secondary N) is 2. The van der Waals surface area contributed by atoms with Crippen LogP contribution in [0.15, 0.2) is 78.9 Å². The number of hydrogen-bond donors (Lipinski definition) is 2. The van der Waals surface area contributed by atoms with Crippen LogP contribution < -0.4 is 15.4 Å². The molecule has 5 nitrogen and oxygen atoms in total. The van der Waals surface area contributed by atoms with Gasteiger partial charge in [-0.2, -0.15) is 0 Å². The minimum absolute atomic E-state index is 0.160. The Kier molecular flexibility index (Phi) is 8.23. The number of carbonyl (C=O) groups is 2. The van der Waals surface area contributed by atoms with Crippen molar-refractivity contribution in [3.05, 3.63) is 95.6 Å². The highest BCUT2D eigenvalue weighted by Crippen LogP contribution is 2.20. The molecule has 160 valence electrons. The maximum atomic E-state index is 12.7. The van der Waals surface area contributed by atoms with Crippen molar-refractivity contribution in [2.45, 2.75) is 32.7 Å². The van der Waals surface area contributed by atoms with E-state index in [1.807, 2.05) is 42.5 Å². The molecular weight excluding hydrogens is 388 g/mol. The van der Waals surface area contributed by atoms with Crippen molar-refractivity contribution >= 4 is 17.5 Å². The number of ether oxygens (including phenoxy) is 1. The molecule has 2 N–H and O–H groups in total. The monoisotopic (exact) mass is 416 g/mol. The van der Waals surface area contributed by atoms with Gasteiger partial charge in [0.2, 0.25) is 0 Å². The molecule has 3 rings (SSSR count). The Morgan fingerprint density at radius 2 is 1.52 bits per heavy atom. The van der Waals surface area contributed by atoms with E-state index >= 15 is 0 Å². The van der Waals surface area contributed by atoms with Crippen LogP contribution >= 0.6 is 0 Å². The Hall–Kier alpha value is -3.60. The Bertz CT molecular complexity index is 985. The molecule has 5 heteroatoms. The fraction of sp³-hybridized carbons (Fsp3) is 0.231. The van der Waals surface area contributed by atoms with Crippen LogP contribution in [0.4, 0.5) is 5.69 Å². The van der Waals surface area contributed by atoms with Gasteiger partial charge < -0.3 is 15.4 Å². The molecule has 0 atom stereocenters. The maximum absolute atomic E-state index is 12.7. The Morgan fingerprint density at radius 1 is 0.806 bits per heavy atom. The second kappa shape index (κ2) is 11.6. The van der Waals surface area contributed by atoms with E-state index in [0.717, 1.165) is 24.8 Å². The summed E-state index contributed by atoms with van der Waals surface area (Å²) in [5.74, 6) is 0.174. The van der Waals surface area contributed by atoms with Gasteiger partial charge in [0, 0.05) is 17.8 Å². The predicted octanol–water partition coefficient (Wildman–Crippen LogP) is 5.44. The zero-order valence-electron chi connectivity index (χ0n) is 17.8. The summed E-state index contributed by atoms with van der Waals surface area (Å²) in [5.41, 5.74) is 2.68. The van der Waals surface area contributed by atoms with Gasteiger partial charge in [0.25, 0.3) is 11.8 Å². The number of rotatable bonds is 10. The molecule has 0 saturated heterocycles. The van der Waals surface area contributed by atoms with Crippen LogP contribution in [0.3, 0.4) is 0 Å². The molecule has 31 heavy (non-hydrogen) atoms. The van der Waals surface area contributed by atoms with Gasteiger partial charge >= 0.3 is 0 Å². The van der Waals surface area contributed by atoms with Crippen LogP contribution in [-0.2, 0) is 6.54 Å². The first kappa shape index (κ1) is 22.1. The lowest BCUT2D eigenvalue weighted by Gasteiger charge is -2.12. The van der Waals surface area contributed by atoms with Crippen molar-refractivity contribution in [3.63, 3.8) is 0 Å². The standard InChI is InChI=1S/C26H28N2O3/c1-2-3-9-18-31-24-13-8-7-12-23(24)26(30)28-22-16-14-21(15-17-22)25(29)27-19-20-10-5-4-6-11-20/h4-8,10-17H,2-3,9,18-19H2,1H3,(H,27,29)(H,28,30). The SMILES string of the molecule is CCCCCOc1ccccc1C(=O)Nc1ccc(C(=O)NCc2ccccc2)cc1. The van der Waals surface area contributed by atoms with Gasteiger partial charge in [-0.25, -0.2) is 0 Å². The van der Waals surface area contributed by atoms with Gasteiger partial charge in [-0.3, -0.25) is 9.59 Å². The van der Waals surface area contributed by atoms with Crippen molar-refractivity contribution < 1.29 is 14.3 Å². The highest BCUT2D eigenvalue weighted by Gasteiger charge is 2.13. The van der Waals surface area contributed by atoms with Gasteiger partial charge in [-0.05, 0) is 48.4 Å². The van der Waals surface area contributed by atoms with Crippen molar-refractivity contribution in [2.24, 2.45) is 0 Å². The summed E-state index contributed by atoms with van der Waals surface area (Å²) < 4.78 is 5.80. The Morgan fingerprint density at radius 3 is 2.26 bits per heavy atom. The van der Waals surface area contributed by atoms with Crippen LogP contribution in [0.1, 0.15) is 52.5 Å². The summed E-state index contributed by atoms with van der Waals surface area (Å²) in [6, 6.07) is 23.8. The molecule has 3 aromatic carbocycles. The molecule has 0 heterocycles. The quantitative estimate of drug-likeness (QED) is 0.433. The lowest BCUT2D eigenvalue weighted by molar-refractivity contribution is 0.0950. The summed E-state index contributed by atoms with van der Waals surface area (Å²) in [7, 11) is 0. The third-order valence-corrected chi connectivity index (χ3v) is 4.84. The van der Waals surface area contributed by atoms with E-state index < -0.39 is 0 Å². The predicted molar refractivity (Wildman–Crippen MR) is 123 cm³/mol. The van der Waals surface area contributed by atoms with E-state index in [-0.39, 0.29) is 11.8 Å². The number of amides is 2. The fourth-order valence-corrected chi connectivity index (χ4v) is 3.10. The first-order chi connectivity index (χ1) is 15.2. The van der Waals surface area contributed by atoms with Crippen LogP contribution in [0.25, 0.3) is 0 Å². The molecular formula is C26H28N2O3. The summed E-state index contributed by atoms with van der Waals surface area (Å²) >= 11 is 0. The van der Waals surface area contributed by atoms with Crippen molar-refractivity contribution in [1.82, 2.24) is 5.32 Å². The van der Waals surface area contributed by atoms with Crippen LogP contribution in [0, 0.1) is 0 Å². The topological polar surface area (TPSA) is 67.4 Å². The average molecular weight is 417 g/mol. The molecule has 0 unspecified atom stereocenters. The summed E-state index contributed by atoms with van der Waals surface area (Å²) in [5, 5.41) is 5.77. The third-order valence-electron chi connectivity index (χ3n) is 4.84. The molecule has 0 aliphatic rings. The molecule has 0 aromatic heterocycles. The lowest BCUT2D eigenvalue weighted by atomic mass is 10.1. The normalized spacial score (nSPS) is 10.4. The van der Waals surface area contributed by atoms with E-state index in [2.05, 4.69) is 17.6 Å². The van der Waals surface area contributed by atoms with Gasteiger partial charge in [-0.15, -0.1) is 0 Å².